The fourth-order valence-corrected chi connectivity index (χ4v) is 2.78. The van der Waals surface area contributed by atoms with E-state index in [9.17, 15) is 9.59 Å². The number of ether oxygens (including phenoxy) is 3. The second-order valence-corrected chi connectivity index (χ2v) is 7.00. The standard InChI is InChI=1S/C23H29N3O5/c1-6-31-20-13-16(7-12-19(20)30-5)14-24-26-23(28)21(15(2)3)25-22(27)17-8-10-18(29-4)11-9-17/h7-15,21H,6H2,1-5H3,(H,25,27)(H,26,28). The summed E-state index contributed by atoms with van der Waals surface area (Å²) >= 11 is 0. The Morgan fingerprint density at radius 1 is 1.03 bits per heavy atom. The SMILES string of the molecule is CCOc1cc(C=NNC(=O)C(NC(=O)c2ccc(OC)cc2)C(C)C)ccc1OC. The van der Waals surface area contributed by atoms with Crippen LogP contribution >= 0.6 is 0 Å². The quantitative estimate of drug-likeness (QED) is 0.449. The van der Waals surface area contributed by atoms with Gasteiger partial charge in [0.15, 0.2) is 11.5 Å². The van der Waals surface area contributed by atoms with E-state index < -0.39 is 11.9 Å². The van der Waals surface area contributed by atoms with Crippen LogP contribution in [0.2, 0.25) is 0 Å². The zero-order valence-corrected chi connectivity index (χ0v) is 18.5. The Bertz CT molecular complexity index is 910. The second kappa shape index (κ2) is 11.6. The minimum absolute atomic E-state index is 0.136. The number of benzene rings is 2. The fourth-order valence-electron chi connectivity index (χ4n) is 2.78. The molecule has 2 aromatic rings. The van der Waals surface area contributed by atoms with Gasteiger partial charge in [-0.1, -0.05) is 13.8 Å². The van der Waals surface area contributed by atoms with Gasteiger partial charge in [-0.15, -0.1) is 0 Å². The average Bonchev–Trinajstić information content (AvgIpc) is 2.77. The van der Waals surface area contributed by atoms with Crippen molar-refractivity contribution in [1.82, 2.24) is 10.7 Å². The first-order chi connectivity index (χ1) is 14.9. The highest BCUT2D eigenvalue weighted by atomic mass is 16.5. The Balaban J connectivity index is 2.03. The van der Waals surface area contributed by atoms with Gasteiger partial charge in [0.25, 0.3) is 11.8 Å². The van der Waals surface area contributed by atoms with E-state index in [-0.39, 0.29) is 11.8 Å². The minimum atomic E-state index is -0.749. The number of hydrogen-bond donors (Lipinski definition) is 2. The normalized spacial score (nSPS) is 11.8. The summed E-state index contributed by atoms with van der Waals surface area (Å²) in [5, 5.41) is 6.77. The average molecular weight is 428 g/mol. The summed E-state index contributed by atoms with van der Waals surface area (Å²) in [6, 6.07) is 11.2. The molecule has 0 saturated carbocycles. The Hall–Kier alpha value is -3.55. The lowest BCUT2D eigenvalue weighted by atomic mass is 10.0. The number of hydrazone groups is 1. The van der Waals surface area contributed by atoms with E-state index in [1.807, 2.05) is 20.8 Å². The molecule has 2 N–H and O–H groups in total. The molecule has 0 heterocycles. The molecule has 1 unspecified atom stereocenters. The Morgan fingerprint density at radius 2 is 1.74 bits per heavy atom. The van der Waals surface area contributed by atoms with E-state index >= 15 is 0 Å². The van der Waals surface area contributed by atoms with Crippen molar-refractivity contribution in [2.45, 2.75) is 26.8 Å². The number of nitrogens with zero attached hydrogens (tertiary/aromatic N) is 1. The van der Waals surface area contributed by atoms with Crippen LogP contribution in [0.1, 0.15) is 36.7 Å². The zero-order valence-electron chi connectivity index (χ0n) is 18.5. The topological polar surface area (TPSA) is 98.2 Å². The lowest BCUT2D eigenvalue weighted by molar-refractivity contribution is -0.123. The highest BCUT2D eigenvalue weighted by Crippen LogP contribution is 2.27. The van der Waals surface area contributed by atoms with Crippen LogP contribution < -0.4 is 25.0 Å². The highest BCUT2D eigenvalue weighted by molar-refractivity contribution is 5.97. The molecule has 8 nitrogen and oxygen atoms in total. The Kier molecular flexibility index (Phi) is 8.87. The van der Waals surface area contributed by atoms with E-state index in [2.05, 4.69) is 15.8 Å². The summed E-state index contributed by atoms with van der Waals surface area (Å²) in [7, 11) is 3.12. The number of hydrogen-bond acceptors (Lipinski definition) is 6. The van der Waals surface area contributed by atoms with Crippen molar-refractivity contribution in [2.24, 2.45) is 11.0 Å². The highest BCUT2D eigenvalue weighted by Gasteiger charge is 2.24. The molecule has 8 heteroatoms. The Labute approximate surface area is 182 Å². The maximum absolute atomic E-state index is 12.6. The molecule has 0 aliphatic rings. The van der Waals surface area contributed by atoms with Crippen LogP contribution in [-0.4, -0.2) is 44.9 Å². The number of carbonyl (C=O) groups is 2. The fraction of sp³-hybridized carbons (Fsp3) is 0.348. The molecule has 0 bridgehead atoms. The maximum atomic E-state index is 12.6. The molecule has 2 amide bonds. The van der Waals surface area contributed by atoms with Gasteiger partial charge in [0.05, 0.1) is 27.0 Å². The van der Waals surface area contributed by atoms with E-state index in [1.54, 1.807) is 56.7 Å². The third-order valence-electron chi connectivity index (χ3n) is 4.46. The second-order valence-electron chi connectivity index (χ2n) is 7.00. The molecule has 0 spiro atoms. The van der Waals surface area contributed by atoms with E-state index in [4.69, 9.17) is 14.2 Å². The summed E-state index contributed by atoms with van der Waals surface area (Å²) in [6.45, 7) is 6.07. The molecule has 2 rings (SSSR count). The molecule has 0 radical (unpaired) electrons. The number of amides is 2. The van der Waals surface area contributed by atoms with Crippen molar-refractivity contribution < 1.29 is 23.8 Å². The predicted octanol–water partition coefficient (Wildman–Crippen LogP) is 3.01. The van der Waals surface area contributed by atoms with Gasteiger partial charge in [-0.25, -0.2) is 5.43 Å². The molecule has 0 fully saturated rings. The first-order valence-corrected chi connectivity index (χ1v) is 9.98. The van der Waals surface area contributed by atoms with Gasteiger partial charge in [0, 0.05) is 5.56 Å². The third-order valence-corrected chi connectivity index (χ3v) is 4.46. The van der Waals surface area contributed by atoms with Crippen LogP contribution in [0.5, 0.6) is 17.2 Å². The van der Waals surface area contributed by atoms with E-state index in [0.29, 0.717) is 29.4 Å². The van der Waals surface area contributed by atoms with Gasteiger partial charge in [0.2, 0.25) is 0 Å². The van der Waals surface area contributed by atoms with Crippen molar-refractivity contribution in [2.75, 3.05) is 20.8 Å². The number of methoxy groups -OCH3 is 2. The molecule has 1 atom stereocenters. The van der Waals surface area contributed by atoms with Gasteiger partial charge in [0.1, 0.15) is 11.8 Å². The van der Waals surface area contributed by atoms with Crippen LogP contribution in [-0.2, 0) is 4.79 Å². The largest absolute Gasteiger partial charge is 0.497 e. The molecule has 0 saturated heterocycles. The molecule has 0 aromatic heterocycles. The van der Waals surface area contributed by atoms with Crippen molar-refractivity contribution in [3.8, 4) is 17.2 Å². The molecular formula is C23H29N3O5. The van der Waals surface area contributed by atoms with E-state index in [1.165, 1.54) is 6.21 Å². The van der Waals surface area contributed by atoms with Crippen LogP contribution in [0.4, 0.5) is 0 Å². The van der Waals surface area contributed by atoms with Crippen LogP contribution in [0, 0.1) is 5.92 Å². The van der Waals surface area contributed by atoms with Gasteiger partial charge in [-0.2, -0.15) is 5.10 Å². The van der Waals surface area contributed by atoms with Gasteiger partial charge in [-0.3, -0.25) is 9.59 Å². The summed E-state index contributed by atoms with van der Waals surface area (Å²) in [6.07, 6.45) is 1.50. The van der Waals surface area contributed by atoms with Crippen molar-refractivity contribution in [3.63, 3.8) is 0 Å². The zero-order chi connectivity index (χ0) is 22.8. The van der Waals surface area contributed by atoms with Crippen molar-refractivity contribution in [3.05, 3.63) is 53.6 Å². The van der Waals surface area contributed by atoms with Crippen LogP contribution in [0.25, 0.3) is 0 Å². The monoisotopic (exact) mass is 427 g/mol. The summed E-state index contributed by atoms with van der Waals surface area (Å²) < 4.78 is 15.9. The third kappa shape index (κ3) is 6.74. The summed E-state index contributed by atoms with van der Waals surface area (Å²) in [5.41, 5.74) is 3.66. The molecule has 31 heavy (non-hydrogen) atoms. The van der Waals surface area contributed by atoms with Gasteiger partial charge >= 0.3 is 0 Å². The lowest BCUT2D eigenvalue weighted by Crippen LogP contribution is -2.48. The predicted molar refractivity (Wildman–Crippen MR) is 119 cm³/mol. The molecule has 166 valence electrons. The summed E-state index contributed by atoms with van der Waals surface area (Å²) in [5.74, 6) is 0.956. The summed E-state index contributed by atoms with van der Waals surface area (Å²) in [4.78, 5) is 25.1. The minimum Gasteiger partial charge on any atom is -0.497 e. The van der Waals surface area contributed by atoms with Crippen molar-refractivity contribution >= 4 is 18.0 Å². The Morgan fingerprint density at radius 3 is 2.32 bits per heavy atom. The number of nitrogens with one attached hydrogen (secondary N) is 2. The number of rotatable bonds is 10. The van der Waals surface area contributed by atoms with Gasteiger partial charge < -0.3 is 19.5 Å². The van der Waals surface area contributed by atoms with Gasteiger partial charge in [-0.05, 0) is 60.9 Å². The lowest BCUT2D eigenvalue weighted by Gasteiger charge is -2.20. The number of carbonyl (C=O) groups excluding carboxylic acids is 2. The maximum Gasteiger partial charge on any atom is 0.262 e. The molecular weight excluding hydrogens is 398 g/mol. The van der Waals surface area contributed by atoms with E-state index in [0.717, 1.165) is 5.56 Å². The molecule has 0 aliphatic heterocycles. The molecule has 2 aromatic carbocycles. The smallest absolute Gasteiger partial charge is 0.262 e. The van der Waals surface area contributed by atoms with Crippen LogP contribution in [0.15, 0.2) is 47.6 Å². The van der Waals surface area contributed by atoms with Crippen LogP contribution in [0.3, 0.4) is 0 Å². The van der Waals surface area contributed by atoms with Crippen molar-refractivity contribution in [1.29, 1.82) is 0 Å². The first kappa shape index (κ1) is 23.7. The molecule has 0 aliphatic carbocycles. The first-order valence-electron chi connectivity index (χ1n) is 9.98.